The third-order valence-corrected chi connectivity index (χ3v) is 2.67. The zero-order valence-corrected chi connectivity index (χ0v) is 9.77. The number of hydrogen-bond acceptors (Lipinski definition) is 2. The molecule has 0 saturated heterocycles. The Morgan fingerprint density at radius 1 is 1.06 bits per heavy atom. The first-order valence-electron chi connectivity index (χ1n) is 5.58. The van der Waals surface area contributed by atoms with Crippen LogP contribution in [-0.2, 0) is 6.54 Å². The van der Waals surface area contributed by atoms with Gasteiger partial charge >= 0.3 is 0 Å². The molecule has 2 aromatic rings. The van der Waals surface area contributed by atoms with Crippen LogP contribution in [0.5, 0.6) is 0 Å². The summed E-state index contributed by atoms with van der Waals surface area (Å²) in [6, 6.07) is 18.1. The molecule has 0 aliphatic rings. The van der Waals surface area contributed by atoms with Crippen LogP contribution >= 0.6 is 0 Å². The molecule has 0 aliphatic heterocycles. The molecular formula is C15H14N2. The van der Waals surface area contributed by atoms with Gasteiger partial charge in [0.2, 0.25) is 0 Å². The molecule has 2 aromatic carbocycles. The summed E-state index contributed by atoms with van der Waals surface area (Å²) in [7, 11) is 0. The second-order valence-corrected chi connectivity index (χ2v) is 3.99. The molecule has 84 valence electrons. The zero-order valence-electron chi connectivity index (χ0n) is 9.77. The molecule has 0 fully saturated rings. The topological polar surface area (TPSA) is 35.8 Å². The Bertz CT molecular complexity index is 536. The molecule has 1 N–H and O–H groups in total. The third kappa shape index (κ3) is 2.85. The van der Waals surface area contributed by atoms with Crippen molar-refractivity contribution >= 4 is 5.69 Å². The van der Waals surface area contributed by atoms with Gasteiger partial charge in [-0.1, -0.05) is 35.9 Å². The number of anilines is 1. The van der Waals surface area contributed by atoms with E-state index in [1.54, 1.807) is 0 Å². The van der Waals surface area contributed by atoms with E-state index in [4.69, 9.17) is 5.26 Å². The first-order valence-corrected chi connectivity index (χ1v) is 5.58. The van der Waals surface area contributed by atoms with Gasteiger partial charge in [-0.05, 0) is 30.7 Å². The molecule has 0 amide bonds. The summed E-state index contributed by atoms with van der Waals surface area (Å²) in [6.45, 7) is 2.74. The van der Waals surface area contributed by atoms with Crippen molar-refractivity contribution in [3.8, 4) is 6.07 Å². The highest BCUT2D eigenvalue weighted by Crippen LogP contribution is 2.12. The normalized spacial score (nSPS) is 9.65. The molecule has 0 bridgehead atoms. The van der Waals surface area contributed by atoms with Crippen molar-refractivity contribution in [2.45, 2.75) is 13.5 Å². The van der Waals surface area contributed by atoms with Crippen molar-refractivity contribution in [2.75, 3.05) is 5.32 Å². The Morgan fingerprint density at radius 3 is 2.47 bits per heavy atom. The molecule has 0 spiro atoms. The molecular weight excluding hydrogens is 208 g/mol. The van der Waals surface area contributed by atoms with Crippen molar-refractivity contribution in [3.05, 3.63) is 65.2 Å². The molecule has 2 rings (SSSR count). The van der Waals surface area contributed by atoms with Gasteiger partial charge in [0.1, 0.15) is 0 Å². The van der Waals surface area contributed by atoms with Crippen molar-refractivity contribution in [1.82, 2.24) is 0 Å². The van der Waals surface area contributed by atoms with Crippen LogP contribution in [0.2, 0.25) is 0 Å². The Hall–Kier alpha value is -2.27. The van der Waals surface area contributed by atoms with E-state index >= 15 is 0 Å². The molecule has 0 atom stereocenters. The van der Waals surface area contributed by atoms with Crippen molar-refractivity contribution in [2.24, 2.45) is 0 Å². The van der Waals surface area contributed by atoms with Crippen LogP contribution in [0.25, 0.3) is 0 Å². The lowest BCUT2D eigenvalue weighted by molar-refractivity contribution is 1.14. The fourth-order valence-electron chi connectivity index (χ4n) is 1.65. The Kier molecular flexibility index (Phi) is 3.42. The summed E-state index contributed by atoms with van der Waals surface area (Å²) in [5.41, 5.74) is 4.07. The Morgan fingerprint density at radius 2 is 1.76 bits per heavy atom. The predicted octanol–water partition coefficient (Wildman–Crippen LogP) is 3.48. The molecule has 2 nitrogen and oxygen atoms in total. The first kappa shape index (κ1) is 11.2. The minimum Gasteiger partial charge on any atom is -0.381 e. The Balaban J connectivity index is 2.08. The van der Waals surface area contributed by atoms with Gasteiger partial charge in [0.05, 0.1) is 11.6 Å². The highest BCUT2D eigenvalue weighted by molar-refractivity contribution is 5.46. The van der Waals surface area contributed by atoms with E-state index in [1.165, 1.54) is 5.56 Å². The average Bonchev–Trinajstić information content (AvgIpc) is 2.38. The second-order valence-electron chi connectivity index (χ2n) is 3.99. The standard InChI is InChI=1S/C15H14N2/c1-12-6-8-15(9-7-12)17-11-14-5-3-2-4-13(14)10-16/h2-9,17H,11H2,1H3. The highest BCUT2D eigenvalue weighted by atomic mass is 14.9. The predicted molar refractivity (Wildman–Crippen MR) is 69.7 cm³/mol. The van der Waals surface area contributed by atoms with Gasteiger partial charge in [-0.15, -0.1) is 0 Å². The van der Waals surface area contributed by atoms with Crippen LogP contribution in [-0.4, -0.2) is 0 Å². The van der Waals surface area contributed by atoms with Gasteiger partial charge in [-0.2, -0.15) is 5.26 Å². The minimum absolute atomic E-state index is 0.673. The summed E-state index contributed by atoms with van der Waals surface area (Å²) < 4.78 is 0. The number of nitrogens with zero attached hydrogens (tertiary/aromatic N) is 1. The average molecular weight is 222 g/mol. The van der Waals surface area contributed by atoms with E-state index in [-0.39, 0.29) is 0 Å². The molecule has 0 saturated carbocycles. The summed E-state index contributed by atoms with van der Waals surface area (Å²) >= 11 is 0. The molecule has 2 heteroatoms. The lowest BCUT2D eigenvalue weighted by atomic mass is 10.1. The number of nitrogens with one attached hydrogen (secondary N) is 1. The van der Waals surface area contributed by atoms with E-state index in [0.717, 1.165) is 16.8 Å². The van der Waals surface area contributed by atoms with Gasteiger partial charge in [0, 0.05) is 12.2 Å². The fraction of sp³-hybridized carbons (Fsp3) is 0.133. The van der Waals surface area contributed by atoms with Crippen LogP contribution < -0.4 is 5.32 Å². The number of hydrogen-bond donors (Lipinski definition) is 1. The fourth-order valence-corrected chi connectivity index (χ4v) is 1.65. The maximum absolute atomic E-state index is 8.97. The molecule has 0 heterocycles. The minimum atomic E-state index is 0.673. The number of rotatable bonds is 3. The van der Waals surface area contributed by atoms with E-state index in [2.05, 4.69) is 30.4 Å². The highest BCUT2D eigenvalue weighted by Gasteiger charge is 1.99. The van der Waals surface area contributed by atoms with Crippen LogP contribution in [0.1, 0.15) is 16.7 Å². The van der Waals surface area contributed by atoms with E-state index < -0.39 is 0 Å². The Labute approximate surface area is 102 Å². The van der Waals surface area contributed by atoms with E-state index in [0.29, 0.717) is 6.54 Å². The molecule has 0 unspecified atom stereocenters. The third-order valence-electron chi connectivity index (χ3n) is 2.67. The summed E-state index contributed by atoms with van der Waals surface area (Å²) in [5.74, 6) is 0. The van der Waals surface area contributed by atoms with Gasteiger partial charge in [-0.3, -0.25) is 0 Å². The van der Waals surface area contributed by atoms with Crippen molar-refractivity contribution < 1.29 is 0 Å². The zero-order chi connectivity index (χ0) is 12.1. The second kappa shape index (κ2) is 5.18. The number of benzene rings is 2. The van der Waals surface area contributed by atoms with Crippen LogP contribution in [0.3, 0.4) is 0 Å². The van der Waals surface area contributed by atoms with E-state index in [1.807, 2.05) is 36.4 Å². The quantitative estimate of drug-likeness (QED) is 0.863. The molecule has 0 aromatic heterocycles. The molecule has 0 radical (unpaired) electrons. The maximum Gasteiger partial charge on any atom is 0.0995 e. The summed E-state index contributed by atoms with van der Waals surface area (Å²) in [6.07, 6.45) is 0. The number of aryl methyl sites for hydroxylation is 1. The van der Waals surface area contributed by atoms with Crippen LogP contribution in [0.4, 0.5) is 5.69 Å². The SMILES string of the molecule is Cc1ccc(NCc2ccccc2C#N)cc1. The van der Waals surface area contributed by atoms with Gasteiger partial charge in [-0.25, -0.2) is 0 Å². The van der Waals surface area contributed by atoms with Gasteiger partial charge in [0.25, 0.3) is 0 Å². The molecule has 17 heavy (non-hydrogen) atoms. The number of nitriles is 1. The van der Waals surface area contributed by atoms with Crippen LogP contribution in [0.15, 0.2) is 48.5 Å². The monoisotopic (exact) mass is 222 g/mol. The van der Waals surface area contributed by atoms with Crippen molar-refractivity contribution in [3.63, 3.8) is 0 Å². The van der Waals surface area contributed by atoms with E-state index in [9.17, 15) is 0 Å². The van der Waals surface area contributed by atoms with Crippen molar-refractivity contribution in [1.29, 1.82) is 5.26 Å². The lowest BCUT2D eigenvalue weighted by Gasteiger charge is -2.07. The van der Waals surface area contributed by atoms with Crippen LogP contribution in [0, 0.1) is 18.3 Å². The molecule has 0 aliphatic carbocycles. The lowest BCUT2D eigenvalue weighted by Crippen LogP contribution is -2.01. The largest absolute Gasteiger partial charge is 0.381 e. The first-order chi connectivity index (χ1) is 8.29. The van der Waals surface area contributed by atoms with Gasteiger partial charge < -0.3 is 5.32 Å². The summed E-state index contributed by atoms with van der Waals surface area (Å²) in [4.78, 5) is 0. The van der Waals surface area contributed by atoms with Gasteiger partial charge in [0.15, 0.2) is 0 Å². The summed E-state index contributed by atoms with van der Waals surface area (Å²) in [5, 5.41) is 12.3. The smallest absolute Gasteiger partial charge is 0.0995 e. The maximum atomic E-state index is 8.97.